The van der Waals surface area contributed by atoms with Gasteiger partial charge in [-0.2, -0.15) is 0 Å². The van der Waals surface area contributed by atoms with E-state index >= 15 is 0 Å². The van der Waals surface area contributed by atoms with Crippen molar-refractivity contribution in [3.63, 3.8) is 0 Å². The average molecular weight is 297 g/mol. The molecule has 0 aromatic heterocycles. The number of urea groups is 1. The van der Waals surface area contributed by atoms with Gasteiger partial charge in [-0.05, 0) is 38.0 Å². The predicted octanol–water partition coefficient (Wildman–Crippen LogP) is 2.06. The Labute approximate surface area is 128 Å². The van der Waals surface area contributed by atoms with Crippen LogP contribution in [0.2, 0.25) is 0 Å². The van der Waals surface area contributed by atoms with E-state index in [0.29, 0.717) is 32.8 Å². The summed E-state index contributed by atoms with van der Waals surface area (Å²) in [6, 6.07) is 0.167. The Balaban J connectivity index is 2.13. The van der Waals surface area contributed by atoms with Crippen molar-refractivity contribution in [2.24, 2.45) is 11.7 Å². The van der Waals surface area contributed by atoms with E-state index in [1.165, 1.54) is 12.8 Å². The minimum atomic E-state index is -0.127. The van der Waals surface area contributed by atoms with Gasteiger partial charge in [-0.15, -0.1) is 0 Å². The van der Waals surface area contributed by atoms with Crippen molar-refractivity contribution in [2.75, 3.05) is 39.4 Å². The lowest BCUT2D eigenvalue weighted by Gasteiger charge is -2.49. The fourth-order valence-corrected chi connectivity index (χ4v) is 3.57. The molecule has 0 bridgehead atoms. The van der Waals surface area contributed by atoms with Crippen molar-refractivity contribution >= 4 is 6.03 Å². The summed E-state index contributed by atoms with van der Waals surface area (Å²) < 4.78 is 5.36. The van der Waals surface area contributed by atoms with Crippen LogP contribution in [0.1, 0.15) is 46.0 Å². The summed E-state index contributed by atoms with van der Waals surface area (Å²) in [4.78, 5) is 17.0. The van der Waals surface area contributed by atoms with Crippen LogP contribution >= 0.6 is 0 Å². The minimum Gasteiger partial charge on any atom is -0.378 e. The normalized spacial score (nSPS) is 30.2. The number of carbonyl (C=O) groups is 1. The van der Waals surface area contributed by atoms with E-state index in [1.54, 1.807) is 0 Å². The molecule has 5 nitrogen and oxygen atoms in total. The Bertz CT molecular complexity index is 334. The van der Waals surface area contributed by atoms with Crippen molar-refractivity contribution in [1.82, 2.24) is 9.80 Å². The lowest BCUT2D eigenvalue weighted by atomic mass is 9.76. The highest BCUT2D eigenvalue weighted by Crippen LogP contribution is 2.36. The Morgan fingerprint density at radius 1 is 1.33 bits per heavy atom. The minimum absolute atomic E-state index is 0.127. The summed E-state index contributed by atoms with van der Waals surface area (Å²) in [7, 11) is 0. The van der Waals surface area contributed by atoms with Gasteiger partial charge in [0.1, 0.15) is 0 Å². The number of ether oxygens (including phenoxy) is 1. The quantitative estimate of drug-likeness (QED) is 0.864. The number of nitrogens with two attached hydrogens (primary N) is 1. The second-order valence-corrected chi connectivity index (χ2v) is 6.64. The van der Waals surface area contributed by atoms with Crippen LogP contribution in [-0.4, -0.2) is 60.8 Å². The van der Waals surface area contributed by atoms with E-state index in [2.05, 4.69) is 18.7 Å². The molecule has 122 valence electrons. The first-order chi connectivity index (χ1) is 10.1. The van der Waals surface area contributed by atoms with Gasteiger partial charge in [-0.1, -0.05) is 13.8 Å². The Morgan fingerprint density at radius 3 is 2.48 bits per heavy atom. The molecule has 2 aliphatic rings. The molecule has 1 aliphatic heterocycles. The maximum Gasteiger partial charge on any atom is 0.320 e. The molecule has 0 aromatic rings. The van der Waals surface area contributed by atoms with Gasteiger partial charge in [0.05, 0.1) is 18.8 Å². The second-order valence-electron chi connectivity index (χ2n) is 6.64. The highest BCUT2D eigenvalue weighted by Gasteiger charge is 2.42. The summed E-state index contributed by atoms with van der Waals surface area (Å²) in [5, 5.41) is 0. The van der Waals surface area contributed by atoms with Gasteiger partial charge >= 0.3 is 6.03 Å². The first kappa shape index (κ1) is 16.6. The molecule has 21 heavy (non-hydrogen) atoms. The lowest BCUT2D eigenvalue weighted by molar-refractivity contribution is 0.0164. The van der Waals surface area contributed by atoms with E-state index in [-0.39, 0.29) is 11.6 Å². The Morgan fingerprint density at radius 2 is 1.95 bits per heavy atom. The van der Waals surface area contributed by atoms with Gasteiger partial charge in [-0.25, -0.2) is 4.79 Å². The van der Waals surface area contributed by atoms with Crippen molar-refractivity contribution in [2.45, 2.75) is 51.5 Å². The predicted molar refractivity (Wildman–Crippen MR) is 84.2 cm³/mol. The second kappa shape index (κ2) is 7.45. The van der Waals surface area contributed by atoms with E-state index in [4.69, 9.17) is 10.5 Å². The molecule has 5 heteroatoms. The third kappa shape index (κ3) is 3.69. The highest BCUT2D eigenvalue weighted by atomic mass is 16.5. The molecular formula is C16H31N3O2. The number of nitrogens with zero attached hydrogens (tertiary/aromatic N) is 2. The number of hydrogen-bond donors (Lipinski definition) is 1. The summed E-state index contributed by atoms with van der Waals surface area (Å²) in [5.74, 6) is 0.756. The highest BCUT2D eigenvalue weighted by molar-refractivity contribution is 5.75. The largest absolute Gasteiger partial charge is 0.378 e. The van der Waals surface area contributed by atoms with Crippen LogP contribution in [0.5, 0.6) is 0 Å². The zero-order valence-corrected chi connectivity index (χ0v) is 13.6. The zero-order valence-electron chi connectivity index (χ0n) is 13.6. The molecule has 2 amide bonds. The number of carbonyl (C=O) groups excluding carboxylic acids is 1. The molecule has 1 saturated carbocycles. The standard InChI is InChI=1S/C16H31N3O2/c1-3-8-19(15(20)18-9-11-21-12-10-18)16(13-17)6-4-14(2)5-7-16/h14H,3-13,17H2,1-2H3. The summed E-state index contributed by atoms with van der Waals surface area (Å²) >= 11 is 0. The molecule has 0 spiro atoms. The number of morpholine rings is 1. The third-order valence-electron chi connectivity index (χ3n) is 5.12. The molecule has 0 unspecified atom stereocenters. The lowest BCUT2D eigenvalue weighted by Crippen LogP contribution is -2.62. The number of amides is 2. The fraction of sp³-hybridized carbons (Fsp3) is 0.938. The van der Waals surface area contributed by atoms with E-state index in [0.717, 1.165) is 31.7 Å². The van der Waals surface area contributed by atoms with Gasteiger partial charge in [0.2, 0.25) is 0 Å². The van der Waals surface area contributed by atoms with Crippen LogP contribution in [0.25, 0.3) is 0 Å². The molecule has 2 rings (SSSR count). The van der Waals surface area contributed by atoms with Gasteiger partial charge in [0, 0.05) is 26.2 Å². The topological polar surface area (TPSA) is 58.8 Å². The molecule has 1 aliphatic carbocycles. The van der Waals surface area contributed by atoms with E-state index in [1.807, 2.05) is 4.90 Å². The molecule has 0 aromatic carbocycles. The van der Waals surface area contributed by atoms with Gasteiger partial charge in [-0.3, -0.25) is 0 Å². The van der Waals surface area contributed by atoms with Crippen molar-refractivity contribution in [1.29, 1.82) is 0 Å². The zero-order chi connectivity index (χ0) is 15.3. The van der Waals surface area contributed by atoms with Gasteiger partial charge in [0.15, 0.2) is 0 Å². The molecule has 2 N–H and O–H groups in total. The fourth-order valence-electron chi connectivity index (χ4n) is 3.57. The molecule has 1 saturated heterocycles. The first-order valence-electron chi connectivity index (χ1n) is 8.47. The summed E-state index contributed by atoms with van der Waals surface area (Å²) in [6.07, 6.45) is 5.41. The maximum absolute atomic E-state index is 13.0. The molecule has 1 heterocycles. The Kier molecular flexibility index (Phi) is 5.88. The van der Waals surface area contributed by atoms with Crippen molar-refractivity contribution < 1.29 is 9.53 Å². The summed E-state index contributed by atoms with van der Waals surface area (Å²) in [6.45, 7) is 8.53. The number of rotatable bonds is 4. The van der Waals surface area contributed by atoms with Crippen molar-refractivity contribution in [3.8, 4) is 0 Å². The van der Waals surface area contributed by atoms with E-state index < -0.39 is 0 Å². The molecule has 0 radical (unpaired) electrons. The van der Waals surface area contributed by atoms with Crippen LogP contribution < -0.4 is 5.73 Å². The van der Waals surface area contributed by atoms with E-state index in [9.17, 15) is 4.79 Å². The monoisotopic (exact) mass is 297 g/mol. The SMILES string of the molecule is CCCN(C(=O)N1CCOCC1)C1(CN)CCC(C)CC1. The van der Waals surface area contributed by atoms with Crippen LogP contribution in [0.4, 0.5) is 4.79 Å². The van der Waals surface area contributed by atoms with Crippen LogP contribution in [-0.2, 0) is 4.74 Å². The molecule has 0 atom stereocenters. The van der Waals surface area contributed by atoms with Gasteiger partial charge in [0.25, 0.3) is 0 Å². The first-order valence-corrected chi connectivity index (χ1v) is 8.47. The van der Waals surface area contributed by atoms with Crippen LogP contribution in [0.15, 0.2) is 0 Å². The van der Waals surface area contributed by atoms with Crippen molar-refractivity contribution in [3.05, 3.63) is 0 Å². The smallest absolute Gasteiger partial charge is 0.320 e. The Hall–Kier alpha value is -0.810. The van der Waals surface area contributed by atoms with Crippen LogP contribution in [0.3, 0.4) is 0 Å². The van der Waals surface area contributed by atoms with Crippen LogP contribution in [0, 0.1) is 5.92 Å². The maximum atomic E-state index is 13.0. The average Bonchev–Trinajstić information content (AvgIpc) is 2.54. The third-order valence-corrected chi connectivity index (χ3v) is 5.12. The van der Waals surface area contributed by atoms with Gasteiger partial charge < -0.3 is 20.3 Å². The summed E-state index contributed by atoms with van der Waals surface area (Å²) in [5.41, 5.74) is 6.02. The number of hydrogen-bond acceptors (Lipinski definition) is 3. The molecule has 2 fully saturated rings. The molecular weight excluding hydrogens is 266 g/mol.